The molecule has 5 aromatic rings. The van der Waals surface area contributed by atoms with E-state index in [1.165, 1.54) is 12.1 Å². The quantitative estimate of drug-likeness (QED) is 0.382. The van der Waals surface area contributed by atoms with Gasteiger partial charge in [-0.05, 0) is 59.3 Å². The highest BCUT2D eigenvalue weighted by Gasteiger charge is 2.33. The average molecular weight is 442 g/mol. The van der Waals surface area contributed by atoms with Gasteiger partial charge < -0.3 is 9.82 Å². The number of sulfonamides is 1. The summed E-state index contributed by atoms with van der Waals surface area (Å²) in [6, 6.07) is 27.2. The van der Waals surface area contributed by atoms with E-state index in [0.29, 0.717) is 4.47 Å². The summed E-state index contributed by atoms with van der Waals surface area (Å²) >= 11 is 0. The minimum absolute atomic E-state index is 0.0387. The molecule has 0 saturated heterocycles. The van der Waals surface area contributed by atoms with Crippen LogP contribution >= 0.6 is 0 Å². The molecule has 158 valence electrons. The Morgan fingerprint density at radius 2 is 1.50 bits per heavy atom. The zero-order valence-corrected chi connectivity index (χ0v) is 17.6. The standard InChI is InChI=1S/C25H18N2O4S/c28-25(19-7-2-1-3-8-19)27(31-22-11-13-24-21(16-22)14-15-26-24)32(29,30)23-12-10-18-6-4-5-9-20(18)17-23/h1-17,26H. The number of carbonyl (C=O) groups is 1. The van der Waals surface area contributed by atoms with Crippen molar-refractivity contribution < 1.29 is 18.0 Å². The summed E-state index contributed by atoms with van der Waals surface area (Å²) < 4.78 is 27.6. The molecule has 1 N–H and O–H groups in total. The zero-order valence-electron chi connectivity index (χ0n) is 16.8. The SMILES string of the molecule is O=C(c1ccccc1)N(Oc1ccc2[nH]ccc2c1)S(=O)(=O)c1ccc2ccccc2c1. The Hall–Kier alpha value is -4.10. The fourth-order valence-electron chi connectivity index (χ4n) is 3.49. The number of nitrogens with one attached hydrogen (secondary N) is 1. The van der Waals surface area contributed by atoms with Crippen molar-refractivity contribution in [2.75, 3.05) is 0 Å². The summed E-state index contributed by atoms with van der Waals surface area (Å²) in [6.07, 6.45) is 1.77. The van der Waals surface area contributed by atoms with E-state index in [-0.39, 0.29) is 16.2 Å². The van der Waals surface area contributed by atoms with Crippen LogP contribution in [0.15, 0.2) is 108 Å². The van der Waals surface area contributed by atoms with E-state index in [0.717, 1.165) is 21.7 Å². The highest BCUT2D eigenvalue weighted by molar-refractivity contribution is 7.89. The first-order chi connectivity index (χ1) is 15.5. The first-order valence-electron chi connectivity index (χ1n) is 9.91. The molecular formula is C25H18N2O4S. The number of hydrogen-bond donors (Lipinski definition) is 1. The van der Waals surface area contributed by atoms with Gasteiger partial charge in [0.2, 0.25) is 0 Å². The molecular weight excluding hydrogens is 424 g/mol. The van der Waals surface area contributed by atoms with Gasteiger partial charge in [-0.3, -0.25) is 4.79 Å². The van der Waals surface area contributed by atoms with Crippen molar-refractivity contribution in [2.45, 2.75) is 4.90 Å². The second-order valence-electron chi connectivity index (χ2n) is 7.23. The molecule has 0 unspecified atom stereocenters. The van der Waals surface area contributed by atoms with Gasteiger partial charge in [-0.15, -0.1) is 0 Å². The van der Waals surface area contributed by atoms with Crippen LogP contribution in [0.4, 0.5) is 0 Å². The largest absolute Gasteiger partial charge is 0.361 e. The number of benzene rings is 4. The van der Waals surface area contributed by atoms with E-state index in [1.807, 2.05) is 30.3 Å². The van der Waals surface area contributed by atoms with Gasteiger partial charge in [0.1, 0.15) is 0 Å². The van der Waals surface area contributed by atoms with Crippen molar-refractivity contribution in [3.63, 3.8) is 0 Å². The molecule has 7 heteroatoms. The second kappa shape index (κ2) is 7.86. The molecule has 0 aliphatic heterocycles. The fraction of sp³-hybridized carbons (Fsp3) is 0. The van der Waals surface area contributed by atoms with Crippen molar-refractivity contribution >= 4 is 37.6 Å². The number of aromatic amines is 1. The molecule has 0 saturated carbocycles. The molecule has 6 nitrogen and oxygen atoms in total. The smallest absolute Gasteiger partial charge is 0.302 e. The van der Waals surface area contributed by atoms with Gasteiger partial charge in [-0.25, -0.2) is 0 Å². The van der Waals surface area contributed by atoms with Crippen molar-refractivity contribution in [2.24, 2.45) is 0 Å². The van der Waals surface area contributed by atoms with Crippen LogP contribution < -0.4 is 4.84 Å². The minimum Gasteiger partial charge on any atom is -0.361 e. The number of amides is 1. The predicted octanol–water partition coefficient (Wildman–Crippen LogP) is 5.15. The molecule has 1 amide bonds. The van der Waals surface area contributed by atoms with Gasteiger partial charge in [0.05, 0.1) is 4.90 Å². The molecule has 4 aromatic carbocycles. The van der Waals surface area contributed by atoms with Gasteiger partial charge in [-0.1, -0.05) is 53.0 Å². The van der Waals surface area contributed by atoms with E-state index in [2.05, 4.69) is 4.98 Å². The maximum Gasteiger partial charge on any atom is 0.302 e. The molecule has 0 atom stereocenters. The van der Waals surface area contributed by atoms with Crippen molar-refractivity contribution in [3.05, 3.63) is 109 Å². The topological polar surface area (TPSA) is 79.5 Å². The number of hydrogen-bond acceptors (Lipinski definition) is 4. The highest BCUT2D eigenvalue weighted by atomic mass is 32.2. The number of hydroxylamine groups is 1. The lowest BCUT2D eigenvalue weighted by molar-refractivity contribution is 0.0258. The van der Waals surface area contributed by atoms with Crippen LogP contribution in [-0.4, -0.2) is 23.8 Å². The summed E-state index contributed by atoms with van der Waals surface area (Å²) in [5.41, 5.74) is 1.07. The van der Waals surface area contributed by atoms with Crippen LogP contribution in [0.1, 0.15) is 10.4 Å². The number of H-pyrrole nitrogens is 1. The Morgan fingerprint density at radius 1 is 0.750 bits per heavy atom. The van der Waals surface area contributed by atoms with Crippen molar-refractivity contribution in [1.82, 2.24) is 9.45 Å². The summed E-state index contributed by atoms with van der Waals surface area (Å²) in [6.45, 7) is 0. The van der Waals surface area contributed by atoms with Gasteiger partial charge in [0.25, 0.3) is 10.0 Å². The van der Waals surface area contributed by atoms with Crippen molar-refractivity contribution in [3.8, 4) is 5.75 Å². The van der Waals surface area contributed by atoms with Crippen LogP contribution in [0.3, 0.4) is 0 Å². The van der Waals surface area contributed by atoms with E-state index < -0.39 is 15.9 Å². The maximum absolute atomic E-state index is 13.6. The van der Waals surface area contributed by atoms with Crippen LogP contribution in [-0.2, 0) is 10.0 Å². The number of nitrogens with zero attached hydrogens (tertiary/aromatic N) is 1. The van der Waals surface area contributed by atoms with E-state index in [1.54, 1.807) is 60.8 Å². The number of aromatic nitrogens is 1. The highest BCUT2D eigenvalue weighted by Crippen LogP contribution is 2.27. The average Bonchev–Trinajstić information content (AvgIpc) is 3.30. The van der Waals surface area contributed by atoms with Gasteiger partial charge >= 0.3 is 5.91 Å². The summed E-state index contributed by atoms with van der Waals surface area (Å²) in [5.74, 6) is -0.557. The molecule has 1 aromatic heterocycles. The molecule has 0 spiro atoms. The number of carbonyl (C=O) groups excluding carboxylic acids is 1. The zero-order chi connectivity index (χ0) is 22.1. The number of fused-ring (bicyclic) bond motifs is 2. The van der Waals surface area contributed by atoms with Crippen LogP contribution in [0.25, 0.3) is 21.7 Å². The summed E-state index contributed by atoms with van der Waals surface area (Å²) in [4.78, 5) is 22.0. The molecule has 0 fully saturated rings. The van der Waals surface area contributed by atoms with E-state index >= 15 is 0 Å². The molecule has 1 heterocycles. The van der Waals surface area contributed by atoms with Gasteiger partial charge in [-0.2, -0.15) is 8.42 Å². The summed E-state index contributed by atoms with van der Waals surface area (Å²) in [7, 11) is -4.32. The molecule has 0 bridgehead atoms. The number of rotatable bonds is 5. The lowest BCUT2D eigenvalue weighted by Crippen LogP contribution is -2.39. The van der Waals surface area contributed by atoms with Crippen LogP contribution in [0.2, 0.25) is 0 Å². The third-order valence-electron chi connectivity index (χ3n) is 5.14. The van der Waals surface area contributed by atoms with Crippen LogP contribution in [0.5, 0.6) is 5.75 Å². The van der Waals surface area contributed by atoms with E-state index in [9.17, 15) is 13.2 Å². The predicted molar refractivity (Wildman–Crippen MR) is 123 cm³/mol. The Kier molecular flexibility index (Phi) is 4.88. The minimum atomic E-state index is -4.32. The normalized spacial score (nSPS) is 11.5. The lowest BCUT2D eigenvalue weighted by Gasteiger charge is -2.22. The van der Waals surface area contributed by atoms with Gasteiger partial charge in [0, 0.05) is 22.7 Å². The monoisotopic (exact) mass is 442 g/mol. The Labute approximate surface area is 184 Å². The molecule has 5 rings (SSSR count). The fourth-order valence-corrected chi connectivity index (χ4v) is 4.71. The first kappa shape index (κ1) is 19.8. The Morgan fingerprint density at radius 3 is 2.31 bits per heavy atom. The third kappa shape index (κ3) is 3.59. The van der Waals surface area contributed by atoms with E-state index in [4.69, 9.17) is 4.84 Å². The second-order valence-corrected chi connectivity index (χ2v) is 8.98. The summed E-state index contributed by atoms with van der Waals surface area (Å²) in [5, 5.41) is 2.47. The molecule has 0 aliphatic rings. The van der Waals surface area contributed by atoms with Crippen molar-refractivity contribution in [1.29, 1.82) is 0 Å². The van der Waals surface area contributed by atoms with Crippen LogP contribution in [0, 0.1) is 0 Å². The molecule has 0 radical (unpaired) electrons. The Bertz CT molecular complexity index is 1540. The molecule has 32 heavy (non-hydrogen) atoms. The first-order valence-corrected chi connectivity index (χ1v) is 11.3. The third-order valence-corrected chi connectivity index (χ3v) is 6.66. The maximum atomic E-state index is 13.6. The lowest BCUT2D eigenvalue weighted by atomic mass is 10.1. The Balaban J connectivity index is 1.60. The van der Waals surface area contributed by atoms with Gasteiger partial charge in [0.15, 0.2) is 5.75 Å². The molecule has 0 aliphatic carbocycles.